The number of hydrogen-bond donors (Lipinski definition) is 2. The summed E-state index contributed by atoms with van der Waals surface area (Å²) in [6, 6.07) is 4.05. The topological polar surface area (TPSA) is 45.1 Å². The quantitative estimate of drug-likeness (QED) is 0.770. The summed E-state index contributed by atoms with van der Waals surface area (Å²) >= 11 is 0. The van der Waals surface area contributed by atoms with Crippen LogP contribution in [0, 0.1) is 12.8 Å². The van der Waals surface area contributed by atoms with Gasteiger partial charge < -0.3 is 10.4 Å². The van der Waals surface area contributed by atoms with Crippen LogP contribution in [0.4, 0.5) is 0 Å². The van der Waals surface area contributed by atoms with Gasteiger partial charge in [-0.2, -0.15) is 0 Å². The summed E-state index contributed by atoms with van der Waals surface area (Å²) in [7, 11) is 0. The van der Waals surface area contributed by atoms with Gasteiger partial charge in [-0.25, -0.2) is 0 Å². The van der Waals surface area contributed by atoms with E-state index >= 15 is 0 Å². The average Bonchev–Trinajstić information content (AvgIpc) is 2.20. The first-order chi connectivity index (χ1) is 7.09. The lowest BCUT2D eigenvalue weighted by Gasteiger charge is -2.14. The fourth-order valence-electron chi connectivity index (χ4n) is 1.20. The smallest absolute Gasteiger partial charge is 0.0687 e. The fourth-order valence-corrected chi connectivity index (χ4v) is 1.20. The van der Waals surface area contributed by atoms with Gasteiger partial charge in [0.25, 0.3) is 0 Å². The highest BCUT2D eigenvalue weighted by Gasteiger charge is 2.07. The zero-order valence-corrected chi connectivity index (χ0v) is 9.70. The van der Waals surface area contributed by atoms with E-state index in [2.05, 4.69) is 16.4 Å². The predicted octanol–water partition coefficient (Wildman–Crippen LogP) is 1.50. The molecule has 1 aromatic rings. The predicted molar refractivity (Wildman–Crippen MR) is 61.5 cm³/mol. The molecule has 2 N–H and O–H groups in total. The molecular formula is C12H20N2O. The highest BCUT2D eigenvalue weighted by Crippen LogP contribution is 2.01. The van der Waals surface area contributed by atoms with Crippen LogP contribution in [-0.4, -0.2) is 22.7 Å². The van der Waals surface area contributed by atoms with Gasteiger partial charge in [0.05, 0.1) is 6.10 Å². The standard InChI is InChI=1S/C12H20N2O/c1-9(2)12(15)8-13-6-11-5-4-10(3)14-7-11/h4-5,7,9,12-13,15H,6,8H2,1-3H3. The first-order valence-corrected chi connectivity index (χ1v) is 5.40. The monoisotopic (exact) mass is 208 g/mol. The highest BCUT2D eigenvalue weighted by atomic mass is 16.3. The number of aryl methyl sites for hydroxylation is 1. The van der Waals surface area contributed by atoms with Gasteiger partial charge in [-0.15, -0.1) is 0 Å². The van der Waals surface area contributed by atoms with E-state index in [9.17, 15) is 5.11 Å². The summed E-state index contributed by atoms with van der Waals surface area (Å²) in [5, 5.41) is 12.8. The van der Waals surface area contributed by atoms with Crippen molar-refractivity contribution < 1.29 is 5.11 Å². The Labute approximate surface area is 91.5 Å². The highest BCUT2D eigenvalue weighted by molar-refractivity contribution is 5.12. The molecule has 3 nitrogen and oxygen atoms in total. The molecule has 1 aromatic heterocycles. The second-order valence-corrected chi connectivity index (χ2v) is 4.25. The van der Waals surface area contributed by atoms with E-state index in [4.69, 9.17) is 0 Å². The normalized spacial score (nSPS) is 13.1. The van der Waals surface area contributed by atoms with Gasteiger partial charge in [0.1, 0.15) is 0 Å². The number of aliphatic hydroxyl groups excluding tert-OH is 1. The van der Waals surface area contributed by atoms with E-state index in [1.54, 1.807) is 0 Å². The molecule has 15 heavy (non-hydrogen) atoms. The van der Waals surface area contributed by atoms with Gasteiger partial charge in [0.15, 0.2) is 0 Å². The van der Waals surface area contributed by atoms with Gasteiger partial charge in [-0.3, -0.25) is 4.98 Å². The van der Waals surface area contributed by atoms with Crippen molar-refractivity contribution in [3.63, 3.8) is 0 Å². The van der Waals surface area contributed by atoms with Gasteiger partial charge in [-0.1, -0.05) is 19.9 Å². The average molecular weight is 208 g/mol. The summed E-state index contributed by atoms with van der Waals surface area (Å²) in [5.74, 6) is 0.300. The van der Waals surface area contributed by atoms with E-state index < -0.39 is 0 Å². The molecule has 3 heteroatoms. The molecule has 0 saturated carbocycles. The lowest BCUT2D eigenvalue weighted by atomic mass is 10.1. The first-order valence-electron chi connectivity index (χ1n) is 5.40. The van der Waals surface area contributed by atoms with Crippen molar-refractivity contribution in [2.75, 3.05) is 6.54 Å². The molecule has 0 aliphatic rings. The van der Waals surface area contributed by atoms with E-state index in [-0.39, 0.29) is 6.10 Å². The maximum atomic E-state index is 9.57. The molecule has 0 spiro atoms. The van der Waals surface area contributed by atoms with Gasteiger partial charge >= 0.3 is 0 Å². The van der Waals surface area contributed by atoms with Crippen molar-refractivity contribution in [2.24, 2.45) is 5.92 Å². The molecule has 0 fully saturated rings. The second kappa shape index (κ2) is 5.83. The van der Waals surface area contributed by atoms with E-state index in [1.165, 1.54) is 0 Å². The zero-order valence-electron chi connectivity index (χ0n) is 9.70. The molecule has 1 unspecified atom stereocenters. The Morgan fingerprint density at radius 2 is 2.13 bits per heavy atom. The molecule has 0 amide bonds. The molecule has 1 rings (SSSR count). The van der Waals surface area contributed by atoms with Crippen molar-refractivity contribution in [3.05, 3.63) is 29.6 Å². The number of aromatic nitrogens is 1. The lowest BCUT2D eigenvalue weighted by molar-refractivity contribution is 0.123. The summed E-state index contributed by atoms with van der Waals surface area (Å²) < 4.78 is 0. The van der Waals surface area contributed by atoms with Crippen molar-refractivity contribution in [1.29, 1.82) is 0 Å². The van der Waals surface area contributed by atoms with E-state index in [0.29, 0.717) is 12.5 Å². The Morgan fingerprint density at radius 1 is 1.40 bits per heavy atom. The number of nitrogens with one attached hydrogen (secondary N) is 1. The summed E-state index contributed by atoms with van der Waals surface area (Å²) in [4.78, 5) is 4.21. The van der Waals surface area contributed by atoms with Crippen LogP contribution in [0.2, 0.25) is 0 Å². The third kappa shape index (κ3) is 4.40. The van der Waals surface area contributed by atoms with E-state index in [0.717, 1.165) is 17.8 Å². The Balaban J connectivity index is 2.29. The summed E-state index contributed by atoms with van der Waals surface area (Å²) in [5.41, 5.74) is 2.18. The second-order valence-electron chi connectivity index (χ2n) is 4.25. The van der Waals surface area contributed by atoms with Crippen LogP contribution in [0.1, 0.15) is 25.1 Å². The summed E-state index contributed by atoms with van der Waals surface area (Å²) in [6.45, 7) is 7.39. The van der Waals surface area contributed by atoms with Crippen molar-refractivity contribution >= 4 is 0 Å². The SMILES string of the molecule is Cc1ccc(CNCC(O)C(C)C)cn1. The minimum absolute atomic E-state index is 0.275. The number of aliphatic hydroxyl groups is 1. The van der Waals surface area contributed by atoms with Crippen molar-refractivity contribution in [2.45, 2.75) is 33.4 Å². The molecule has 0 saturated heterocycles. The van der Waals surface area contributed by atoms with Crippen LogP contribution in [0.15, 0.2) is 18.3 Å². The number of nitrogens with zero attached hydrogens (tertiary/aromatic N) is 1. The van der Waals surface area contributed by atoms with Crippen LogP contribution in [-0.2, 0) is 6.54 Å². The third-order valence-electron chi connectivity index (χ3n) is 2.42. The van der Waals surface area contributed by atoms with Gasteiger partial charge in [0, 0.05) is 25.0 Å². The largest absolute Gasteiger partial charge is 0.392 e. The lowest BCUT2D eigenvalue weighted by Crippen LogP contribution is -2.30. The van der Waals surface area contributed by atoms with Crippen LogP contribution >= 0.6 is 0 Å². The maximum absolute atomic E-state index is 9.57. The number of pyridine rings is 1. The van der Waals surface area contributed by atoms with Crippen LogP contribution in [0.3, 0.4) is 0 Å². The van der Waals surface area contributed by atoms with Crippen LogP contribution < -0.4 is 5.32 Å². The Morgan fingerprint density at radius 3 is 2.67 bits per heavy atom. The van der Waals surface area contributed by atoms with Crippen molar-refractivity contribution in [3.8, 4) is 0 Å². The van der Waals surface area contributed by atoms with Crippen LogP contribution in [0.25, 0.3) is 0 Å². The van der Waals surface area contributed by atoms with E-state index in [1.807, 2.05) is 33.0 Å². The number of rotatable bonds is 5. The fraction of sp³-hybridized carbons (Fsp3) is 0.583. The molecule has 0 aliphatic heterocycles. The Kier molecular flexibility index (Phi) is 4.72. The Bertz CT molecular complexity index is 282. The molecule has 1 atom stereocenters. The molecule has 0 radical (unpaired) electrons. The Hall–Kier alpha value is -0.930. The minimum atomic E-state index is -0.275. The molecular weight excluding hydrogens is 188 g/mol. The maximum Gasteiger partial charge on any atom is 0.0687 e. The molecule has 1 heterocycles. The molecule has 0 aliphatic carbocycles. The first kappa shape index (κ1) is 12.1. The summed E-state index contributed by atoms with van der Waals surface area (Å²) in [6.07, 6.45) is 1.59. The number of hydrogen-bond acceptors (Lipinski definition) is 3. The minimum Gasteiger partial charge on any atom is -0.392 e. The van der Waals surface area contributed by atoms with Crippen LogP contribution in [0.5, 0.6) is 0 Å². The zero-order chi connectivity index (χ0) is 11.3. The molecule has 0 bridgehead atoms. The van der Waals surface area contributed by atoms with Crippen molar-refractivity contribution in [1.82, 2.24) is 10.3 Å². The third-order valence-corrected chi connectivity index (χ3v) is 2.42. The van der Waals surface area contributed by atoms with Gasteiger partial charge in [0.2, 0.25) is 0 Å². The van der Waals surface area contributed by atoms with Gasteiger partial charge in [-0.05, 0) is 24.5 Å². The molecule has 0 aromatic carbocycles. The molecule has 84 valence electrons.